The maximum absolute atomic E-state index is 12.5. The summed E-state index contributed by atoms with van der Waals surface area (Å²) < 4.78 is 11.2. The van der Waals surface area contributed by atoms with Crippen molar-refractivity contribution in [3.05, 3.63) is 59.2 Å². The van der Waals surface area contributed by atoms with E-state index in [9.17, 15) is 14.7 Å². The molecule has 1 saturated heterocycles. The number of allylic oxidation sites excluding steroid dienone is 2. The quantitative estimate of drug-likeness (QED) is 0.529. The fraction of sp³-hybridized carbons (Fsp3) is 0.478. The summed E-state index contributed by atoms with van der Waals surface area (Å²) in [4.78, 5) is 24.2. The van der Waals surface area contributed by atoms with Crippen LogP contribution in [-0.4, -0.2) is 35.4 Å². The highest BCUT2D eigenvalue weighted by atomic mass is 35.5. The van der Waals surface area contributed by atoms with Gasteiger partial charge in [0, 0.05) is 23.3 Å². The van der Waals surface area contributed by atoms with Gasteiger partial charge in [-0.05, 0) is 31.4 Å². The second-order valence-corrected chi connectivity index (χ2v) is 8.49. The smallest absolute Gasteiger partial charge is 0.338 e. The number of hydrogen-bond acceptors (Lipinski definition) is 5. The predicted molar refractivity (Wildman–Crippen MR) is 110 cm³/mol. The van der Waals surface area contributed by atoms with Gasteiger partial charge in [-0.25, -0.2) is 4.79 Å². The van der Waals surface area contributed by atoms with Gasteiger partial charge in [0.15, 0.2) is 0 Å². The zero-order valence-electron chi connectivity index (χ0n) is 16.7. The third-order valence-electron chi connectivity index (χ3n) is 5.70. The Hall–Kier alpha value is -2.11. The first-order chi connectivity index (χ1) is 13.8. The summed E-state index contributed by atoms with van der Waals surface area (Å²) in [6.45, 7) is 3.75. The Balaban J connectivity index is 1.70. The molecule has 1 aliphatic carbocycles. The van der Waals surface area contributed by atoms with Gasteiger partial charge in [-0.2, -0.15) is 0 Å². The Morgan fingerprint density at radius 2 is 2.10 bits per heavy atom. The number of aliphatic hydroxyl groups excluding tert-OH is 1. The number of carbonyl (C=O) groups is 2. The average Bonchev–Trinajstić information content (AvgIpc) is 3.20. The summed E-state index contributed by atoms with van der Waals surface area (Å²) in [6.07, 6.45) is 5.63. The molecule has 5 nitrogen and oxygen atoms in total. The van der Waals surface area contributed by atoms with Crippen LogP contribution in [0.4, 0.5) is 0 Å². The Morgan fingerprint density at radius 3 is 2.79 bits per heavy atom. The van der Waals surface area contributed by atoms with Crippen molar-refractivity contribution in [3.63, 3.8) is 0 Å². The Morgan fingerprint density at radius 1 is 1.38 bits per heavy atom. The number of carbonyl (C=O) groups excluding carboxylic acids is 2. The molecule has 1 N–H and O–H groups in total. The first-order valence-electron chi connectivity index (χ1n) is 9.99. The molecule has 1 unspecified atom stereocenters. The molecule has 156 valence electrons. The summed E-state index contributed by atoms with van der Waals surface area (Å²) in [6, 6.07) is 8.83. The van der Waals surface area contributed by atoms with Crippen molar-refractivity contribution in [2.24, 2.45) is 17.8 Å². The number of aliphatic hydroxyl groups is 1. The lowest BCUT2D eigenvalue weighted by atomic mass is 9.90. The Labute approximate surface area is 176 Å². The van der Waals surface area contributed by atoms with Gasteiger partial charge in [0.05, 0.1) is 18.1 Å². The van der Waals surface area contributed by atoms with Gasteiger partial charge in [0.2, 0.25) is 0 Å². The highest BCUT2D eigenvalue weighted by molar-refractivity contribution is 6.29. The molecule has 0 radical (unpaired) electrons. The van der Waals surface area contributed by atoms with Crippen LogP contribution in [0.5, 0.6) is 0 Å². The number of rotatable bonds is 7. The van der Waals surface area contributed by atoms with E-state index < -0.39 is 18.2 Å². The highest BCUT2D eigenvalue weighted by Gasteiger charge is 2.50. The standard InChI is InChI=1S/C23H27ClO5/c1-14(8-9-15(2)24)19(25)11-10-17-18-12-22(26)28-21(18)13-20(17)29-23(27)16-6-4-3-5-7-16/h3-7,9-11,14,17-21,25H,8,12-13H2,1-2H3/b11-10+,15-9-/t14?,17-,18-,19-,20-,21+/m1/s1. The van der Waals surface area contributed by atoms with E-state index in [1.165, 1.54) is 0 Å². The molecule has 2 aliphatic rings. The minimum atomic E-state index is -0.662. The lowest BCUT2D eigenvalue weighted by Gasteiger charge is -2.21. The van der Waals surface area contributed by atoms with Crippen molar-refractivity contribution >= 4 is 23.5 Å². The van der Waals surface area contributed by atoms with E-state index in [2.05, 4.69) is 0 Å². The fourth-order valence-corrected chi connectivity index (χ4v) is 4.08. The van der Waals surface area contributed by atoms with Crippen molar-refractivity contribution in [2.75, 3.05) is 0 Å². The van der Waals surface area contributed by atoms with Crippen LogP contribution in [0.2, 0.25) is 0 Å². The minimum Gasteiger partial charge on any atom is -0.462 e. The maximum atomic E-state index is 12.5. The van der Waals surface area contributed by atoms with Crippen LogP contribution in [0.1, 0.15) is 43.5 Å². The van der Waals surface area contributed by atoms with Crippen molar-refractivity contribution in [3.8, 4) is 0 Å². The maximum Gasteiger partial charge on any atom is 0.338 e. The monoisotopic (exact) mass is 418 g/mol. The molecule has 1 saturated carbocycles. The molecule has 6 heteroatoms. The van der Waals surface area contributed by atoms with Crippen LogP contribution in [-0.2, 0) is 14.3 Å². The number of esters is 2. The lowest BCUT2D eigenvalue weighted by Crippen LogP contribution is -2.25. The topological polar surface area (TPSA) is 72.8 Å². The molecule has 1 aromatic rings. The number of hydrogen-bond donors (Lipinski definition) is 1. The zero-order valence-corrected chi connectivity index (χ0v) is 17.4. The van der Waals surface area contributed by atoms with E-state index in [0.29, 0.717) is 29.9 Å². The van der Waals surface area contributed by atoms with Gasteiger partial charge in [-0.15, -0.1) is 0 Å². The fourth-order valence-electron chi connectivity index (χ4n) is 3.99. The number of benzene rings is 1. The summed E-state index contributed by atoms with van der Waals surface area (Å²) in [7, 11) is 0. The molecule has 6 atom stereocenters. The van der Waals surface area contributed by atoms with E-state index >= 15 is 0 Å². The SMILES string of the molecule is C/C(Cl)=C/CC(C)[C@H](O)/C=C/[C@@H]1[C@H]2CC(=O)O[C@H]2C[C@H]1OC(=O)c1ccccc1. The predicted octanol–water partition coefficient (Wildman–Crippen LogP) is 4.25. The number of ether oxygens (including phenoxy) is 2. The van der Waals surface area contributed by atoms with Gasteiger partial charge >= 0.3 is 11.9 Å². The zero-order chi connectivity index (χ0) is 21.0. The van der Waals surface area contributed by atoms with E-state index in [0.717, 1.165) is 0 Å². The Bertz CT molecular complexity index is 784. The molecule has 0 bridgehead atoms. The molecule has 0 aromatic heterocycles. The molecule has 0 spiro atoms. The van der Waals surface area contributed by atoms with E-state index in [-0.39, 0.29) is 29.8 Å². The molecule has 3 rings (SSSR count). The van der Waals surface area contributed by atoms with Crippen molar-refractivity contribution in [1.82, 2.24) is 0 Å². The third kappa shape index (κ3) is 5.49. The highest BCUT2D eigenvalue weighted by Crippen LogP contribution is 2.43. The van der Waals surface area contributed by atoms with Gasteiger partial charge < -0.3 is 14.6 Å². The van der Waals surface area contributed by atoms with Crippen LogP contribution in [0.3, 0.4) is 0 Å². The summed E-state index contributed by atoms with van der Waals surface area (Å²) in [5.41, 5.74) is 0.487. The van der Waals surface area contributed by atoms with E-state index in [1.807, 2.05) is 25.1 Å². The van der Waals surface area contributed by atoms with Crippen molar-refractivity contribution in [2.45, 2.75) is 51.4 Å². The van der Waals surface area contributed by atoms with Crippen LogP contribution < -0.4 is 0 Å². The molecular weight excluding hydrogens is 392 g/mol. The largest absolute Gasteiger partial charge is 0.462 e. The van der Waals surface area contributed by atoms with E-state index in [4.69, 9.17) is 21.1 Å². The normalized spacial score (nSPS) is 28.8. The van der Waals surface area contributed by atoms with Crippen LogP contribution in [0, 0.1) is 17.8 Å². The van der Waals surface area contributed by atoms with E-state index in [1.54, 1.807) is 37.3 Å². The number of halogens is 1. The minimum absolute atomic E-state index is 0.0103. The molecule has 1 aromatic carbocycles. The van der Waals surface area contributed by atoms with Gasteiger partial charge in [0.1, 0.15) is 12.2 Å². The van der Waals surface area contributed by atoms with Crippen molar-refractivity contribution < 1.29 is 24.2 Å². The average molecular weight is 419 g/mol. The summed E-state index contributed by atoms with van der Waals surface area (Å²) >= 11 is 5.87. The third-order valence-corrected chi connectivity index (χ3v) is 5.86. The molecule has 0 amide bonds. The second-order valence-electron chi connectivity index (χ2n) is 7.90. The van der Waals surface area contributed by atoms with Gasteiger partial charge in [-0.3, -0.25) is 4.79 Å². The van der Waals surface area contributed by atoms with Crippen LogP contribution in [0.15, 0.2) is 53.6 Å². The van der Waals surface area contributed by atoms with Crippen LogP contribution >= 0.6 is 11.6 Å². The lowest BCUT2D eigenvalue weighted by molar-refractivity contribution is -0.141. The second kappa shape index (κ2) is 9.59. The van der Waals surface area contributed by atoms with Crippen molar-refractivity contribution in [1.29, 1.82) is 0 Å². The molecule has 29 heavy (non-hydrogen) atoms. The molecule has 2 fully saturated rings. The summed E-state index contributed by atoms with van der Waals surface area (Å²) in [5, 5.41) is 11.2. The Kier molecular flexibility index (Phi) is 7.14. The molecular formula is C23H27ClO5. The molecule has 1 aliphatic heterocycles. The van der Waals surface area contributed by atoms with Gasteiger partial charge in [0.25, 0.3) is 0 Å². The molecule has 1 heterocycles. The first kappa shape index (κ1) is 21.6. The van der Waals surface area contributed by atoms with Gasteiger partial charge in [-0.1, -0.05) is 55.0 Å². The number of fused-ring (bicyclic) bond motifs is 1. The van der Waals surface area contributed by atoms with Crippen LogP contribution in [0.25, 0.3) is 0 Å². The summed E-state index contributed by atoms with van der Waals surface area (Å²) in [5.74, 6) is -0.838. The first-order valence-corrected chi connectivity index (χ1v) is 10.4.